The molecular weight excluding hydrogens is 272 g/mol. The molecule has 0 aliphatic heterocycles. The molecule has 3 nitrogen and oxygen atoms in total. The fourth-order valence-electron chi connectivity index (χ4n) is 2.19. The predicted molar refractivity (Wildman–Crippen MR) is 82.0 cm³/mol. The first-order chi connectivity index (χ1) is 9.72. The summed E-state index contributed by atoms with van der Waals surface area (Å²) in [5.74, 6) is -0.0522. The van der Waals surface area contributed by atoms with Gasteiger partial charge in [-0.15, -0.1) is 0 Å². The lowest BCUT2D eigenvalue weighted by molar-refractivity contribution is -0.116. The van der Waals surface area contributed by atoms with Gasteiger partial charge in [0.15, 0.2) is 0 Å². The van der Waals surface area contributed by atoms with Crippen LogP contribution in [0.1, 0.15) is 0 Å². The minimum atomic E-state index is -0.0522. The van der Waals surface area contributed by atoms with Gasteiger partial charge in [-0.3, -0.25) is 4.79 Å². The Morgan fingerprint density at radius 3 is 2.70 bits per heavy atom. The van der Waals surface area contributed by atoms with Gasteiger partial charge in [0.05, 0.1) is 0 Å². The first-order valence-electron chi connectivity index (χ1n) is 6.32. The number of hydrogen-bond donors (Lipinski definition) is 1. The second kappa shape index (κ2) is 5.39. The molecule has 3 aromatic rings. The highest BCUT2D eigenvalue weighted by molar-refractivity contribution is 6.31. The molecule has 1 amide bonds. The number of halogens is 1. The van der Waals surface area contributed by atoms with E-state index >= 15 is 0 Å². The second-order valence-electron chi connectivity index (χ2n) is 4.56. The third-order valence-electron chi connectivity index (χ3n) is 3.10. The first-order valence-corrected chi connectivity index (χ1v) is 6.69. The Bertz CT molecular complexity index is 750. The van der Waals surface area contributed by atoms with Crippen LogP contribution in [-0.2, 0) is 11.3 Å². The van der Waals surface area contributed by atoms with Crippen LogP contribution in [0, 0.1) is 0 Å². The van der Waals surface area contributed by atoms with Crippen molar-refractivity contribution in [3.63, 3.8) is 0 Å². The number of amides is 1. The third kappa shape index (κ3) is 2.68. The van der Waals surface area contributed by atoms with Crippen LogP contribution >= 0.6 is 11.6 Å². The number of carbonyl (C=O) groups is 1. The summed E-state index contributed by atoms with van der Waals surface area (Å²) >= 11 is 5.95. The third-order valence-corrected chi connectivity index (χ3v) is 3.34. The van der Waals surface area contributed by atoms with Crippen LogP contribution in [0.3, 0.4) is 0 Å². The van der Waals surface area contributed by atoms with Gasteiger partial charge in [-0.25, -0.2) is 0 Å². The Kier molecular flexibility index (Phi) is 3.44. The van der Waals surface area contributed by atoms with Crippen molar-refractivity contribution in [3.8, 4) is 0 Å². The van der Waals surface area contributed by atoms with Crippen LogP contribution < -0.4 is 5.32 Å². The van der Waals surface area contributed by atoms with E-state index in [0.717, 1.165) is 16.6 Å². The standard InChI is InChI=1S/C16H13ClN2O/c17-13-6-7-15-12(10-13)8-9-19(15)11-16(20)18-14-4-2-1-3-5-14/h1-10H,11H2,(H,18,20). The quantitative estimate of drug-likeness (QED) is 0.777. The number of fused-ring (bicyclic) bond motifs is 1. The number of benzene rings is 2. The zero-order valence-corrected chi connectivity index (χ0v) is 11.5. The van der Waals surface area contributed by atoms with Crippen LogP contribution in [0.2, 0.25) is 5.02 Å². The molecule has 100 valence electrons. The minimum absolute atomic E-state index is 0.0522. The molecule has 0 spiro atoms. The minimum Gasteiger partial charge on any atom is -0.338 e. The van der Waals surface area contributed by atoms with Gasteiger partial charge in [-0.05, 0) is 36.4 Å². The molecule has 0 unspecified atom stereocenters. The van der Waals surface area contributed by atoms with Gasteiger partial charge < -0.3 is 9.88 Å². The van der Waals surface area contributed by atoms with E-state index in [-0.39, 0.29) is 12.5 Å². The molecule has 0 fully saturated rings. The van der Waals surface area contributed by atoms with E-state index in [2.05, 4.69) is 5.32 Å². The smallest absolute Gasteiger partial charge is 0.244 e. The zero-order valence-electron chi connectivity index (χ0n) is 10.7. The van der Waals surface area contributed by atoms with Crippen LogP contribution in [-0.4, -0.2) is 10.5 Å². The highest BCUT2D eigenvalue weighted by atomic mass is 35.5. The fraction of sp³-hybridized carbons (Fsp3) is 0.0625. The Balaban J connectivity index is 1.78. The largest absolute Gasteiger partial charge is 0.338 e. The summed E-state index contributed by atoms with van der Waals surface area (Å²) in [5.41, 5.74) is 1.80. The van der Waals surface area contributed by atoms with Gasteiger partial charge in [0.25, 0.3) is 0 Å². The molecule has 4 heteroatoms. The van der Waals surface area contributed by atoms with E-state index in [4.69, 9.17) is 11.6 Å². The summed E-state index contributed by atoms with van der Waals surface area (Å²) < 4.78 is 1.91. The van der Waals surface area contributed by atoms with Crippen molar-refractivity contribution in [1.29, 1.82) is 0 Å². The number of anilines is 1. The summed E-state index contributed by atoms with van der Waals surface area (Å²) in [5, 5.41) is 4.60. The number of nitrogens with zero attached hydrogens (tertiary/aromatic N) is 1. The molecule has 0 saturated heterocycles. The van der Waals surface area contributed by atoms with E-state index in [0.29, 0.717) is 5.02 Å². The molecule has 0 aliphatic rings. The van der Waals surface area contributed by atoms with Gasteiger partial charge in [-0.2, -0.15) is 0 Å². The Hall–Kier alpha value is -2.26. The van der Waals surface area contributed by atoms with E-state index < -0.39 is 0 Å². The zero-order chi connectivity index (χ0) is 13.9. The fourth-order valence-corrected chi connectivity index (χ4v) is 2.37. The normalized spacial score (nSPS) is 10.7. The SMILES string of the molecule is O=C(Cn1ccc2cc(Cl)ccc21)Nc1ccccc1. The van der Waals surface area contributed by atoms with Gasteiger partial charge in [0.1, 0.15) is 6.54 Å². The molecule has 1 N–H and O–H groups in total. The number of para-hydroxylation sites is 1. The lowest BCUT2D eigenvalue weighted by Crippen LogP contribution is -2.18. The van der Waals surface area contributed by atoms with Crippen LogP contribution in [0.25, 0.3) is 10.9 Å². The van der Waals surface area contributed by atoms with Crippen molar-refractivity contribution in [1.82, 2.24) is 4.57 Å². The Labute approximate surface area is 121 Å². The van der Waals surface area contributed by atoms with Crippen LogP contribution in [0.15, 0.2) is 60.8 Å². The number of aromatic nitrogens is 1. The van der Waals surface area contributed by atoms with E-state index in [9.17, 15) is 4.79 Å². The second-order valence-corrected chi connectivity index (χ2v) is 5.00. The molecule has 0 atom stereocenters. The highest BCUT2D eigenvalue weighted by Gasteiger charge is 2.06. The van der Waals surface area contributed by atoms with E-state index in [1.807, 2.05) is 65.4 Å². The Morgan fingerprint density at radius 1 is 1.10 bits per heavy atom. The van der Waals surface area contributed by atoms with Crippen molar-refractivity contribution in [2.75, 3.05) is 5.32 Å². The van der Waals surface area contributed by atoms with Crippen LogP contribution in [0.4, 0.5) is 5.69 Å². The molecule has 0 radical (unpaired) electrons. The predicted octanol–water partition coefficient (Wildman–Crippen LogP) is 3.93. The van der Waals surface area contributed by atoms with Crippen LogP contribution in [0.5, 0.6) is 0 Å². The van der Waals surface area contributed by atoms with E-state index in [1.165, 1.54) is 0 Å². The van der Waals surface area contributed by atoms with Gasteiger partial charge in [0, 0.05) is 27.8 Å². The summed E-state index contributed by atoms with van der Waals surface area (Å²) in [6, 6.07) is 17.0. The van der Waals surface area contributed by atoms with Crippen molar-refractivity contribution in [3.05, 3.63) is 65.8 Å². The lowest BCUT2D eigenvalue weighted by atomic mass is 10.2. The van der Waals surface area contributed by atoms with E-state index in [1.54, 1.807) is 0 Å². The maximum absolute atomic E-state index is 12.0. The van der Waals surface area contributed by atoms with Crippen molar-refractivity contribution >= 4 is 34.1 Å². The van der Waals surface area contributed by atoms with Gasteiger partial charge >= 0.3 is 0 Å². The lowest BCUT2D eigenvalue weighted by Gasteiger charge is -2.07. The van der Waals surface area contributed by atoms with Crippen molar-refractivity contribution < 1.29 is 4.79 Å². The maximum atomic E-state index is 12.0. The number of carbonyl (C=O) groups excluding carboxylic acids is 1. The summed E-state index contributed by atoms with van der Waals surface area (Å²) in [7, 11) is 0. The molecule has 1 aromatic heterocycles. The Morgan fingerprint density at radius 2 is 1.90 bits per heavy atom. The molecule has 0 saturated carbocycles. The molecule has 2 aromatic carbocycles. The summed E-state index contributed by atoms with van der Waals surface area (Å²) in [4.78, 5) is 12.0. The average Bonchev–Trinajstić information content (AvgIpc) is 2.82. The van der Waals surface area contributed by atoms with Gasteiger partial charge in [-0.1, -0.05) is 29.8 Å². The molecule has 0 aliphatic carbocycles. The summed E-state index contributed by atoms with van der Waals surface area (Å²) in [6.45, 7) is 0.278. The first kappa shape index (κ1) is 12.8. The molecule has 1 heterocycles. The van der Waals surface area contributed by atoms with Crippen molar-refractivity contribution in [2.45, 2.75) is 6.54 Å². The van der Waals surface area contributed by atoms with Gasteiger partial charge in [0.2, 0.25) is 5.91 Å². The maximum Gasteiger partial charge on any atom is 0.244 e. The monoisotopic (exact) mass is 284 g/mol. The molecule has 0 bridgehead atoms. The summed E-state index contributed by atoms with van der Waals surface area (Å²) in [6.07, 6.45) is 1.89. The number of rotatable bonds is 3. The topological polar surface area (TPSA) is 34.0 Å². The van der Waals surface area contributed by atoms with Crippen molar-refractivity contribution in [2.24, 2.45) is 0 Å². The number of hydrogen-bond acceptors (Lipinski definition) is 1. The average molecular weight is 285 g/mol. The number of nitrogens with one attached hydrogen (secondary N) is 1. The molecule has 20 heavy (non-hydrogen) atoms. The highest BCUT2D eigenvalue weighted by Crippen LogP contribution is 2.20. The molecular formula is C16H13ClN2O. The molecule has 3 rings (SSSR count).